The summed E-state index contributed by atoms with van der Waals surface area (Å²) in [6.45, 7) is 10.6. The van der Waals surface area contributed by atoms with Crippen molar-refractivity contribution >= 4 is 11.3 Å². The van der Waals surface area contributed by atoms with E-state index in [0.29, 0.717) is 6.61 Å². The zero-order valence-electron chi connectivity index (χ0n) is 23.2. The minimum absolute atomic E-state index is 0.272. The number of rotatable bonds is 10. The van der Waals surface area contributed by atoms with Gasteiger partial charge in [-0.05, 0) is 80.0 Å². The molecule has 6 heteroatoms. The van der Waals surface area contributed by atoms with E-state index in [1.807, 2.05) is 12.1 Å². The van der Waals surface area contributed by atoms with Crippen LogP contribution in [-0.2, 0) is 6.54 Å². The molecule has 37 heavy (non-hydrogen) atoms. The number of allylic oxidation sites excluding steroid dienone is 1. The molecule has 1 fully saturated rings. The van der Waals surface area contributed by atoms with Crippen LogP contribution in [0.5, 0.6) is 23.0 Å². The lowest BCUT2D eigenvalue weighted by atomic mass is 9.88. The Labute approximate surface area is 222 Å². The molecule has 0 spiro atoms. The van der Waals surface area contributed by atoms with E-state index < -0.39 is 0 Å². The maximum absolute atomic E-state index is 6.34. The van der Waals surface area contributed by atoms with Crippen molar-refractivity contribution in [1.82, 2.24) is 4.90 Å². The van der Waals surface area contributed by atoms with Gasteiger partial charge in [0, 0.05) is 48.6 Å². The lowest BCUT2D eigenvalue weighted by Gasteiger charge is -2.34. The van der Waals surface area contributed by atoms with Gasteiger partial charge < -0.3 is 28.7 Å². The molecule has 200 valence electrons. The number of ether oxygens (including phenoxy) is 4. The smallest absolute Gasteiger partial charge is 0.163 e. The fourth-order valence-electron chi connectivity index (χ4n) is 6.23. The van der Waals surface area contributed by atoms with Crippen LogP contribution in [0.2, 0.25) is 0 Å². The number of benzene rings is 2. The summed E-state index contributed by atoms with van der Waals surface area (Å²) in [6.07, 6.45) is 5.88. The number of nitrogens with zero attached hydrogens (tertiary/aromatic N) is 2. The number of fused-ring (bicyclic) bond motifs is 2. The lowest BCUT2D eigenvalue weighted by Crippen LogP contribution is -2.29. The van der Waals surface area contributed by atoms with Crippen LogP contribution in [0.1, 0.15) is 57.1 Å². The Morgan fingerprint density at radius 1 is 0.865 bits per heavy atom. The number of anilines is 1. The van der Waals surface area contributed by atoms with Crippen LogP contribution < -0.4 is 23.8 Å². The van der Waals surface area contributed by atoms with E-state index in [-0.39, 0.29) is 5.41 Å². The van der Waals surface area contributed by atoms with Gasteiger partial charge in [-0.2, -0.15) is 0 Å². The quantitative estimate of drug-likeness (QED) is 0.359. The zero-order valence-corrected chi connectivity index (χ0v) is 23.2. The SMILES string of the molecule is COc1ccc(CN2CC3=C(CC(C)(C)C3)c3cc(OC)c(OCCCN4CCCC4)cc32)c(OC)c1. The molecule has 0 amide bonds. The van der Waals surface area contributed by atoms with Gasteiger partial charge >= 0.3 is 0 Å². The fourth-order valence-corrected chi connectivity index (χ4v) is 6.23. The van der Waals surface area contributed by atoms with Crippen molar-refractivity contribution in [3.05, 3.63) is 47.0 Å². The highest BCUT2D eigenvalue weighted by atomic mass is 16.5. The minimum atomic E-state index is 0.272. The predicted molar refractivity (Wildman–Crippen MR) is 149 cm³/mol. The van der Waals surface area contributed by atoms with E-state index in [0.717, 1.165) is 67.5 Å². The van der Waals surface area contributed by atoms with Crippen molar-refractivity contribution < 1.29 is 18.9 Å². The maximum Gasteiger partial charge on any atom is 0.163 e. The van der Waals surface area contributed by atoms with Gasteiger partial charge in [0.25, 0.3) is 0 Å². The molecule has 0 radical (unpaired) electrons. The highest BCUT2D eigenvalue weighted by Crippen LogP contribution is 2.53. The standard InChI is InChI=1S/C31H42N2O4/c1-31(2)18-23-21-33(20-22-9-10-24(34-3)15-28(22)35-4)27-17-30(29(36-5)16-25(27)26(23)19-31)37-14-8-13-32-11-6-7-12-32/h9-10,15-17H,6-8,11-14,18-21H2,1-5H3. The summed E-state index contributed by atoms with van der Waals surface area (Å²) in [5.74, 6) is 3.30. The number of methoxy groups -OCH3 is 3. The van der Waals surface area contributed by atoms with Gasteiger partial charge in [-0.25, -0.2) is 0 Å². The topological polar surface area (TPSA) is 43.4 Å². The van der Waals surface area contributed by atoms with E-state index in [2.05, 4.69) is 41.8 Å². The summed E-state index contributed by atoms with van der Waals surface area (Å²) in [7, 11) is 5.16. The van der Waals surface area contributed by atoms with Gasteiger partial charge in [0.2, 0.25) is 0 Å². The fraction of sp³-hybridized carbons (Fsp3) is 0.548. The Balaban J connectivity index is 1.44. The molecule has 6 nitrogen and oxygen atoms in total. The first kappa shape index (κ1) is 25.8. The Hall–Kier alpha value is -2.86. The lowest BCUT2D eigenvalue weighted by molar-refractivity contribution is 0.254. The summed E-state index contributed by atoms with van der Waals surface area (Å²) in [5, 5.41) is 0. The molecule has 0 unspecified atom stereocenters. The molecule has 2 aromatic carbocycles. The molecule has 5 rings (SSSR count). The van der Waals surface area contributed by atoms with Crippen LogP contribution in [0, 0.1) is 5.41 Å². The zero-order chi connectivity index (χ0) is 26.0. The predicted octanol–water partition coefficient (Wildman–Crippen LogP) is 6.17. The van der Waals surface area contributed by atoms with Crippen LogP contribution in [0.4, 0.5) is 5.69 Å². The van der Waals surface area contributed by atoms with Crippen LogP contribution in [0.3, 0.4) is 0 Å². The molecular formula is C31H42N2O4. The molecule has 0 aromatic heterocycles. The Kier molecular flexibility index (Phi) is 7.57. The van der Waals surface area contributed by atoms with Gasteiger partial charge in [-0.15, -0.1) is 0 Å². The molecule has 1 aliphatic carbocycles. The summed E-state index contributed by atoms with van der Waals surface area (Å²) >= 11 is 0. The first-order valence-electron chi connectivity index (χ1n) is 13.6. The number of likely N-dealkylation sites (tertiary alicyclic amines) is 1. The average Bonchev–Trinajstić information content (AvgIpc) is 3.52. The second kappa shape index (κ2) is 10.9. The third-order valence-corrected chi connectivity index (χ3v) is 8.03. The number of hydrogen-bond donors (Lipinski definition) is 0. The Morgan fingerprint density at radius 3 is 2.38 bits per heavy atom. The van der Waals surface area contributed by atoms with Crippen LogP contribution >= 0.6 is 0 Å². The van der Waals surface area contributed by atoms with Crippen LogP contribution in [0.15, 0.2) is 35.9 Å². The van der Waals surface area contributed by atoms with Gasteiger partial charge in [0.05, 0.1) is 27.9 Å². The Morgan fingerprint density at radius 2 is 1.65 bits per heavy atom. The van der Waals surface area contributed by atoms with Crippen molar-refractivity contribution in [3.8, 4) is 23.0 Å². The third kappa shape index (κ3) is 5.54. The van der Waals surface area contributed by atoms with Gasteiger partial charge in [-0.3, -0.25) is 0 Å². The molecule has 0 bridgehead atoms. The molecule has 0 N–H and O–H groups in total. The van der Waals surface area contributed by atoms with Crippen LogP contribution in [0.25, 0.3) is 5.57 Å². The van der Waals surface area contributed by atoms with E-state index in [4.69, 9.17) is 18.9 Å². The van der Waals surface area contributed by atoms with Crippen molar-refractivity contribution in [3.63, 3.8) is 0 Å². The molecule has 1 saturated heterocycles. The molecule has 3 aliphatic rings. The first-order chi connectivity index (χ1) is 17.9. The van der Waals surface area contributed by atoms with Gasteiger partial charge in [0.15, 0.2) is 11.5 Å². The van der Waals surface area contributed by atoms with Crippen LogP contribution in [-0.4, -0.2) is 59.0 Å². The molecule has 2 aliphatic heterocycles. The molecule has 2 heterocycles. The van der Waals surface area contributed by atoms with Crippen molar-refractivity contribution in [1.29, 1.82) is 0 Å². The molecular weight excluding hydrogens is 464 g/mol. The minimum Gasteiger partial charge on any atom is -0.497 e. The summed E-state index contributed by atoms with van der Waals surface area (Å²) in [4.78, 5) is 5.00. The Bertz CT molecular complexity index is 1150. The maximum atomic E-state index is 6.34. The third-order valence-electron chi connectivity index (χ3n) is 8.03. The van der Waals surface area contributed by atoms with E-state index in [1.165, 1.54) is 48.3 Å². The second-order valence-electron chi connectivity index (χ2n) is 11.4. The molecule has 0 atom stereocenters. The second-order valence-corrected chi connectivity index (χ2v) is 11.4. The highest BCUT2D eigenvalue weighted by molar-refractivity contribution is 5.86. The van der Waals surface area contributed by atoms with Crippen molar-refractivity contribution in [2.45, 2.75) is 52.5 Å². The van der Waals surface area contributed by atoms with Crippen molar-refractivity contribution in [2.24, 2.45) is 5.41 Å². The largest absolute Gasteiger partial charge is 0.497 e. The summed E-state index contributed by atoms with van der Waals surface area (Å²) in [5.41, 5.74) is 6.92. The number of hydrogen-bond acceptors (Lipinski definition) is 6. The summed E-state index contributed by atoms with van der Waals surface area (Å²) in [6, 6.07) is 10.5. The molecule has 2 aromatic rings. The average molecular weight is 507 g/mol. The highest BCUT2D eigenvalue weighted by Gasteiger charge is 2.37. The van der Waals surface area contributed by atoms with Crippen molar-refractivity contribution in [2.75, 3.05) is 59.0 Å². The van der Waals surface area contributed by atoms with Gasteiger partial charge in [-0.1, -0.05) is 13.8 Å². The monoisotopic (exact) mass is 506 g/mol. The first-order valence-corrected chi connectivity index (χ1v) is 13.6. The van der Waals surface area contributed by atoms with Gasteiger partial charge in [0.1, 0.15) is 11.5 Å². The van der Waals surface area contributed by atoms with E-state index in [9.17, 15) is 0 Å². The summed E-state index contributed by atoms with van der Waals surface area (Å²) < 4.78 is 23.4. The van der Waals surface area contributed by atoms with E-state index >= 15 is 0 Å². The molecule has 0 saturated carbocycles. The normalized spacial score (nSPS) is 18.6. The van der Waals surface area contributed by atoms with E-state index in [1.54, 1.807) is 21.3 Å².